The zero-order valence-electron chi connectivity index (χ0n) is 11.4. The third kappa shape index (κ3) is 2.71. The molecule has 2 N–H and O–H groups in total. The van der Waals surface area contributed by atoms with Gasteiger partial charge in [0.1, 0.15) is 0 Å². The highest BCUT2D eigenvalue weighted by Crippen LogP contribution is 2.28. The summed E-state index contributed by atoms with van der Waals surface area (Å²) in [7, 11) is 2.17. The lowest BCUT2D eigenvalue weighted by Gasteiger charge is -2.46. The number of rotatable bonds is 2. The molecule has 1 fully saturated rings. The van der Waals surface area contributed by atoms with E-state index in [1.165, 1.54) is 11.3 Å². The van der Waals surface area contributed by atoms with E-state index in [9.17, 15) is 0 Å². The average molecular weight is 312 g/mol. The minimum atomic E-state index is 0.402. The van der Waals surface area contributed by atoms with Crippen molar-refractivity contribution in [2.24, 2.45) is 5.73 Å². The zero-order chi connectivity index (χ0) is 13.3. The summed E-state index contributed by atoms with van der Waals surface area (Å²) in [4.78, 5) is 4.84. The van der Waals surface area contributed by atoms with E-state index in [0.29, 0.717) is 18.6 Å². The number of anilines is 1. The Morgan fingerprint density at radius 2 is 2.11 bits per heavy atom. The lowest BCUT2D eigenvalue weighted by atomic mass is 10.0. The zero-order valence-corrected chi connectivity index (χ0v) is 12.9. The van der Waals surface area contributed by atoms with Gasteiger partial charge in [0.15, 0.2) is 0 Å². The van der Waals surface area contributed by atoms with E-state index in [1.54, 1.807) is 0 Å². The maximum absolute atomic E-state index is 5.95. The molecule has 1 saturated heterocycles. The number of hydrogen-bond acceptors (Lipinski definition) is 3. The maximum atomic E-state index is 5.95. The first-order valence-electron chi connectivity index (χ1n) is 6.46. The lowest BCUT2D eigenvalue weighted by molar-refractivity contribution is 0.235. The number of aryl methyl sites for hydroxylation is 1. The Morgan fingerprint density at radius 1 is 1.39 bits per heavy atom. The Balaban J connectivity index is 2.31. The van der Waals surface area contributed by atoms with Gasteiger partial charge < -0.3 is 15.5 Å². The molecule has 0 aromatic heterocycles. The normalized spacial score (nSPS) is 25.5. The van der Waals surface area contributed by atoms with Gasteiger partial charge in [0.25, 0.3) is 0 Å². The first kappa shape index (κ1) is 13.8. The number of nitrogens with two attached hydrogens (primary N) is 1. The van der Waals surface area contributed by atoms with Crippen LogP contribution in [-0.2, 0) is 0 Å². The van der Waals surface area contributed by atoms with Gasteiger partial charge in [-0.25, -0.2) is 0 Å². The van der Waals surface area contributed by atoms with Crippen molar-refractivity contribution in [3.05, 3.63) is 28.2 Å². The van der Waals surface area contributed by atoms with Crippen LogP contribution in [0.3, 0.4) is 0 Å². The first-order chi connectivity index (χ1) is 8.52. The van der Waals surface area contributed by atoms with Gasteiger partial charge in [0.05, 0.1) is 6.04 Å². The lowest BCUT2D eigenvalue weighted by Crippen LogP contribution is -2.59. The Hall–Kier alpha value is -0.580. The van der Waals surface area contributed by atoms with Gasteiger partial charge in [-0.3, -0.25) is 0 Å². The van der Waals surface area contributed by atoms with Gasteiger partial charge in [-0.1, -0.05) is 15.9 Å². The summed E-state index contributed by atoms with van der Waals surface area (Å²) in [5.41, 5.74) is 8.50. The summed E-state index contributed by atoms with van der Waals surface area (Å²) >= 11 is 3.56. The van der Waals surface area contributed by atoms with E-state index in [4.69, 9.17) is 5.73 Å². The number of halogens is 1. The molecule has 2 unspecified atom stereocenters. The molecule has 3 nitrogen and oxygen atoms in total. The molecule has 1 aromatic rings. The molecule has 1 heterocycles. The van der Waals surface area contributed by atoms with Crippen LogP contribution in [0.2, 0.25) is 0 Å². The van der Waals surface area contributed by atoms with Crippen molar-refractivity contribution in [3.63, 3.8) is 0 Å². The minimum Gasteiger partial charge on any atom is -0.362 e. The number of likely N-dealkylation sites (N-methyl/N-ethyl adjacent to an activating group) is 1. The van der Waals surface area contributed by atoms with Crippen LogP contribution in [0.4, 0.5) is 5.69 Å². The van der Waals surface area contributed by atoms with Crippen molar-refractivity contribution in [1.29, 1.82) is 0 Å². The molecule has 18 heavy (non-hydrogen) atoms. The maximum Gasteiger partial charge on any atom is 0.0542 e. The fraction of sp³-hybridized carbons (Fsp3) is 0.571. The smallest absolute Gasteiger partial charge is 0.0542 e. The van der Waals surface area contributed by atoms with Crippen LogP contribution in [0.15, 0.2) is 22.7 Å². The number of nitrogens with zero attached hydrogens (tertiary/aromatic N) is 2. The molecular weight excluding hydrogens is 290 g/mol. The predicted molar refractivity (Wildman–Crippen MR) is 81.2 cm³/mol. The third-order valence-corrected chi connectivity index (χ3v) is 4.57. The Labute approximate surface area is 118 Å². The Bertz CT molecular complexity index is 422. The van der Waals surface area contributed by atoms with Gasteiger partial charge >= 0.3 is 0 Å². The van der Waals surface area contributed by atoms with E-state index in [2.05, 4.69) is 64.8 Å². The number of benzene rings is 1. The fourth-order valence-corrected chi connectivity index (χ4v) is 3.11. The summed E-state index contributed by atoms with van der Waals surface area (Å²) in [6, 6.07) is 7.46. The van der Waals surface area contributed by atoms with Crippen molar-refractivity contribution in [2.75, 3.05) is 31.6 Å². The molecule has 4 heteroatoms. The van der Waals surface area contributed by atoms with E-state index in [1.807, 2.05) is 0 Å². The Kier molecular flexibility index (Phi) is 4.30. The molecule has 100 valence electrons. The van der Waals surface area contributed by atoms with Crippen LogP contribution in [-0.4, -0.2) is 43.7 Å². The molecule has 0 saturated carbocycles. The van der Waals surface area contributed by atoms with E-state index >= 15 is 0 Å². The van der Waals surface area contributed by atoms with Gasteiger partial charge in [0, 0.05) is 35.8 Å². The van der Waals surface area contributed by atoms with Gasteiger partial charge in [-0.2, -0.15) is 0 Å². The van der Waals surface area contributed by atoms with Crippen LogP contribution in [0, 0.1) is 6.92 Å². The Morgan fingerprint density at radius 3 is 2.72 bits per heavy atom. The summed E-state index contributed by atoms with van der Waals surface area (Å²) in [5.74, 6) is 0. The first-order valence-corrected chi connectivity index (χ1v) is 7.25. The molecule has 2 rings (SSSR count). The highest BCUT2D eigenvalue weighted by molar-refractivity contribution is 9.10. The van der Waals surface area contributed by atoms with Crippen molar-refractivity contribution >= 4 is 21.6 Å². The highest BCUT2D eigenvalue weighted by atomic mass is 79.9. The second kappa shape index (κ2) is 5.59. The van der Waals surface area contributed by atoms with Gasteiger partial charge in [0.2, 0.25) is 0 Å². The summed E-state index contributed by atoms with van der Waals surface area (Å²) in [6.45, 7) is 7.23. The molecule has 0 spiro atoms. The predicted octanol–water partition coefficient (Wildman–Crippen LogP) is 2.23. The standard InChI is InChI=1S/C14H22BrN3/c1-10-6-12(4-5-14(10)15)18-11(2)8-17(3)9-13(18)7-16/h4-6,11,13H,7-9,16H2,1-3H3. The molecule has 0 bridgehead atoms. The van der Waals surface area contributed by atoms with Crippen LogP contribution in [0.25, 0.3) is 0 Å². The van der Waals surface area contributed by atoms with Crippen molar-refractivity contribution < 1.29 is 0 Å². The van der Waals surface area contributed by atoms with Crippen LogP contribution >= 0.6 is 15.9 Å². The molecule has 1 aliphatic rings. The van der Waals surface area contributed by atoms with Gasteiger partial charge in [-0.05, 0) is 44.7 Å². The highest BCUT2D eigenvalue weighted by Gasteiger charge is 2.29. The second-order valence-corrected chi connectivity index (χ2v) is 6.15. The molecule has 2 atom stereocenters. The van der Waals surface area contributed by atoms with Crippen molar-refractivity contribution in [2.45, 2.75) is 25.9 Å². The topological polar surface area (TPSA) is 32.5 Å². The summed E-state index contributed by atoms with van der Waals surface area (Å²) in [6.07, 6.45) is 0. The second-order valence-electron chi connectivity index (χ2n) is 5.30. The van der Waals surface area contributed by atoms with E-state index in [-0.39, 0.29) is 0 Å². The molecule has 1 aliphatic heterocycles. The summed E-state index contributed by atoms with van der Waals surface area (Å²) < 4.78 is 1.16. The number of piperazine rings is 1. The number of hydrogen-bond donors (Lipinski definition) is 1. The molecule has 0 aliphatic carbocycles. The molecular formula is C14H22BrN3. The monoisotopic (exact) mass is 311 g/mol. The largest absolute Gasteiger partial charge is 0.362 e. The minimum absolute atomic E-state index is 0.402. The molecule has 0 amide bonds. The van der Waals surface area contributed by atoms with Crippen molar-refractivity contribution in [3.8, 4) is 0 Å². The van der Waals surface area contributed by atoms with Crippen LogP contribution in [0.1, 0.15) is 12.5 Å². The van der Waals surface area contributed by atoms with Gasteiger partial charge in [-0.15, -0.1) is 0 Å². The van der Waals surface area contributed by atoms with Crippen LogP contribution < -0.4 is 10.6 Å². The van der Waals surface area contributed by atoms with E-state index in [0.717, 1.165) is 17.6 Å². The third-order valence-electron chi connectivity index (χ3n) is 3.68. The SMILES string of the molecule is Cc1cc(N2C(C)CN(C)CC2CN)ccc1Br. The fourth-order valence-electron chi connectivity index (χ4n) is 2.86. The van der Waals surface area contributed by atoms with Crippen LogP contribution in [0.5, 0.6) is 0 Å². The molecule has 1 aromatic carbocycles. The van der Waals surface area contributed by atoms with E-state index < -0.39 is 0 Å². The van der Waals surface area contributed by atoms with Crippen molar-refractivity contribution in [1.82, 2.24) is 4.90 Å². The summed E-state index contributed by atoms with van der Waals surface area (Å²) in [5, 5.41) is 0. The molecule has 0 radical (unpaired) electrons. The quantitative estimate of drug-likeness (QED) is 0.909. The average Bonchev–Trinajstić information content (AvgIpc) is 2.32.